The molecule has 0 saturated heterocycles. The van der Waals surface area contributed by atoms with Crippen LogP contribution in [0.15, 0.2) is 23.2 Å². The van der Waals surface area contributed by atoms with Crippen molar-refractivity contribution < 1.29 is 13.2 Å². The molecular weight excluding hydrogens is 280 g/mol. The van der Waals surface area contributed by atoms with Gasteiger partial charge in [-0.3, -0.25) is 0 Å². The van der Waals surface area contributed by atoms with Crippen molar-refractivity contribution in [2.24, 2.45) is 11.3 Å². The maximum absolute atomic E-state index is 12.1. The maximum atomic E-state index is 12.1. The van der Waals surface area contributed by atoms with Gasteiger partial charge in [0, 0.05) is 26.5 Å². The average molecular weight is 302 g/mol. The Bertz CT molecular complexity index is 514. The second-order valence-electron chi connectivity index (χ2n) is 5.26. The van der Waals surface area contributed by atoms with E-state index in [1.165, 1.54) is 18.3 Å². The molecule has 0 aliphatic carbocycles. The van der Waals surface area contributed by atoms with Gasteiger partial charge in [0.25, 0.3) is 0 Å². The van der Waals surface area contributed by atoms with E-state index in [1.807, 2.05) is 13.8 Å². The molecule has 0 fully saturated rings. The van der Waals surface area contributed by atoms with Crippen molar-refractivity contribution in [1.82, 2.24) is 9.71 Å². The summed E-state index contributed by atoms with van der Waals surface area (Å²) < 4.78 is 31.8. The number of rotatable bonds is 8. The first-order chi connectivity index (χ1) is 9.30. The maximum Gasteiger partial charge on any atom is 0.242 e. The minimum atomic E-state index is -3.57. The third kappa shape index (κ3) is 5.04. The minimum absolute atomic E-state index is 0.110. The Labute approximate surface area is 119 Å². The van der Waals surface area contributed by atoms with Gasteiger partial charge in [-0.1, -0.05) is 13.8 Å². The number of pyridine rings is 1. The largest absolute Gasteiger partial charge is 0.385 e. The Morgan fingerprint density at radius 3 is 2.60 bits per heavy atom. The third-order valence-electron chi connectivity index (χ3n) is 2.92. The van der Waals surface area contributed by atoms with E-state index < -0.39 is 10.0 Å². The number of sulfonamides is 1. The van der Waals surface area contributed by atoms with E-state index in [9.17, 15) is 8.42 Å². The summed E-state index contributed by atoms with van der Waals surface area (Å²) in [6.07, 6.45) is 2.03. The molecule has 0 atom stereocenters. The van der Waals surface area contributed by atoms with Gasteiger partial charge >= 0.3 is 0 Å². The van der Waals surface area contributed by atoms with Crippen molar-refractivity contribution in [3.05, 3.63) is 18.3 Å². The molecule has 0 spiro atoms. The van der Waals surface area contributed by atoms with Crippen LogP contribution in [0.1, 0.15) is 20.3 Å². The molecule has 1 aromatic heterocycles. The molecule has 0 unspecified atom stereocenters. The van der Waals surface area contributed by atoms with Crippen LogP contribution in [0.2, 0.25) is 0 Å². The average Bonchev–Trinajstić information content (AvgIpc) is 2.43. The van der Waals surface area contributed by atoms with Crippen LogP contribution in [0.4, 0.5) is 5.82 Å². The Kier molecular flexibility index (Phi) is 5.88. The Morgan fingerprint density at radius 1 is 1.40 bits per heavy atom. The number of anilines is 1. The van der Waals surface area contributed by atoms with E-state index >= 15 is 0 Å². The van der Waals surface area contributed by atoms with Gasteiger partial charge < -0.3 is 10.2 Å². The Morgan fingerprint density at radius 2 is 2.10 bits per heavy atom. The summed E-state index contributed by atoms with van der Waals surface area (Å²) in [5.41, 5.74) is 2.16. The molecule has 114 valence electrons. The van der Waals surface area contributed by atoms with Crippen molar-refractivity contribution in [2.45, 2.75) is 25.2 Å². The van der Waals surface area contributed by atoms with Gasteiger partial charge in [-0.15, -0.1) is 0 Å². The molecule has 0 aromatic carbocycles. The normalized spacial score (nSPS) is 12.4. The van der Waals surface area contributed by atoms with Crippen LogP contribution < -0.4 is 16.0 Å². The summed E-state index contributed by atoms with van der Waals surface area (Å²) in [6.45, 7) is 4.88. The van der Waals surface area contributed by atoms with Gasteiger partial charge in [0.05, 0.1) is 0 Å². The first-order valence-electron chi connectivity index (χ1n) is 6.22. The van der Waals surface area contributed by atoms with Gasteiger partial charge in [-0.25, -0.2) is 24.0 Å². The lowest BCUT2D eigenvalue weighted by Crippen LogP contribution is -2.34. The summed E-state index contributed by atoms with van der Waals surface area (Å²) in [7, 11) is -1.94. The second kappa shape index (κ2) is 6.98. The molecule has 4 N–H and O–H groups in total. The number of methoxy groups -OCH3 is 1. The number of hydrogen-bond acceptors (Lipinski definition) is 6. The van der Waals surface area contributed by atoms with E-state index in [0.29, 0.717) is 19.0 Å². The van der Waals surface area contributed by atoms with E-state index in [-0.39, 0.29) is 10.3 Å². The third-order valence-corrected chi connectivity index (χ3v) is 4.30. The zero-order valence-electron chi connectivity index (χ0n) is 12.0. The number of nitrogen functional groups attached to an aromatic ring is 1. The lowest BCUT2D eigenvalue weighted by molar-refractivity contribution is 0.153. The first kappa shape index (κ1) is 16.8. The predicted octanol–water partition coefficient (Wildman–Crippen LogP) is 0.708. The zero-order chi connectivity index (χ0) is 15.2. The Hall–Kier alpha value is -1.22. The molecule has 1 rings (SSSR count). The monoisotopic (exact) mass is 302 g/mol. The highest BCUT2D eigenvalue weighted by atomic mass is 32.2. The van der Waals surface area contributed by atoms with Crippen LogP contribution in [0.5, 0.6) is 0 Å². The molecular formula is C12H22N4O3S. The standard InChI is InChI=1S/C12H22N4O3S/c1-12(2,6-7-19-3)9-15-20(17,18)10-4-5-11(16-13)14-8-10/h4-5,8,15H,6-7,9,13H2,1-3H3,(H,14,16). The molecule has 1 heterocycles. The van der Waals surface area contributed by atoms with Crippen molar-refractivity contribution in [1.29, 1.82) is 0 Å². The number of ether oxygens (including phenoxy) is 1. The van der Waals surface area contributed by atoms with Gasteiger partial charge in [0.1, 0.15) is 10.7 Å². The van der Waals surface area contributed by atoms with E-state index in [1.54, 1.807) is 7.11 Å². The molecule has 8 heteroatoms. The zero-order valence-corrected chi connectivity index (χ0v) is 12.8. The Balaban J connectivity index is 2.69. The van der Waals surface area contributed by atoms with Gasteiger partial charge in [-0.05, 0) is 24.0 Å². The number of hydrazine groups is 1. The number of nitrogens with zero attached hydrogens (tertiary/aromatic N) is 1. The molecule has 0 saturated carbocycles. The number of hydrogen-bond donors (Lipinski definition) is 3. The molecule has 0 bridgehead atoms. The fourth-order valence-corrected chi connectivity index (χ4v) is 2.65. The summed E-state index contributed by atoms with van der Waals surface area (Å²) in [5, 5.41) is 0. The summed E-state index contributed by atoms with van der Waals surface area (Å²) in [4.78, 5) is 3.99. The summed E-state index contributed by atoms with van der Waals surface area (Å²) in [6, 6.07) is 2.96. The number of nitrogens with two attached hydrogens (primary N) is 1. The topological polar surface area (TPSA) is 106 Å². The van der Waals surface area contributed by atoms with Gasteiger partial charge in [0.15, 0.2) is 0 Å². The smallest absolute Gasteiger partial charge is 0.242 e. The van der Waals surface area contributed by atoms with Crippen molar-refractivity contribution in [3.8, 4) is 0 Å². The predicted molar refractivity (Wildman–Crippen MR) is 77.5 cm³/mol. The van der Waals surface area contributed by atoms with Gasteiger partial charge in [0.2, 0.25) is 10.0 Å². The first-order valence-corrected chi connectivity index (χ1v) is 7.70. The minimum Gasteiger partial charge on any atom is -0.385 e. The molecule has 0 aliphatic rings. The lowest BCUT2D eigenvalue weighted by Gasteiger charge is -2.24. The molecule has 7 nitrogen and oxygen atoms in total. The van der Waals surface area contributed by atoms with Crippen LogP contribution in [-0.4, -0.2) is 33.7 Å². The summed E-state index contributed by atoms with van der Waals surface area (Å²) in [5.74, 6) is 5.59. The highest BCUT2D eigenvalue weighted by Gasteiger charge is 2.22. The van der Waals surface area contributed by atoms with Crippen molar-refractivity contribution in [3.63, 3.8) is 0 Å². The van der Waals surface area contributed by atoms with E-state index in [4.69, 9.17) is 10.6 Å². The van der Waals surface area contributed by atoms with Crippen molar-refractivity contribution in [2.75, 3.05) is 25.7 Å². The van der Waals surface area contributed by atoms with Gasteiger partial charge in [-0.2, -0.15) is 0 Å². The SMILES string of the molecule is COCCC(C)(C)CNS(=O)(=O)c1ccc(NN)nc1. The number of nitrogens with one attached hydrogen (secondary N) is 2. The molecule has 0 radical (unpaired) electrons. The van der Waals surface area contributed by atoms with E-state index in [0.717, 1.165) is 6.42 Å². The quantitative estimate of drug-likeness (QED) is 0.482. The van der Waals surface area contributed by atoms with Crippen LogP contribution >= 0.6 is 0 Å². The number of aromatic nitrogens is 1. The fourth-order valence-electron chi connectivity index (χ4n) is 1.47. The van der Waals surface area contributed by atoms with Crippen LogP contribution in [-0.2, 0) is 14.8 Å². The molecule has 0 amide bonds. The van der Waals surface area contributed by atoms with Crippen LogP contribution in [0.25, 0.3) is 0 Å². The molecule has 0 aliphatic heterocycles. The lowest BCUT2D eigenvalue weighted by atomic mass is 9.90. The highest BCUT2D eigenvalue weighted by molar-refractivity contribution is 7.89. The molecule has 1 aromatic rings. The fraction of sp³-hybridized carbons (Fsp3) is 0.583. The van der Waals surface area contributed by atoms with E-state index in [2.05, 4.69) is 15.1 Å². The van der Waals surface area contributed by atoms with Crippen LogP contribution in [0.3, 0.4) is 0 Å². The summed E-state index contributed by atoms with van der Waals surface area (Å²) >= 11 is 0. The van der Waals surface area contributed by atoms with Crippen LogP contribution in [0, 0.1) is 5.41 Å². The second-order valence-corrected chi connectivity index (χ2v) is 7.02. The van der Waals surface area contributed by atoms with Crippen molar-refractivity contribution >= 4 is 15.8 Å². The highest BCUT2D eigenvalue weighted by Crippen LogP contribution is 2.20. The molecule has 20 heavy (non-hydrogen) atoms.